The summed E-state index contributed by atoms with van der Waals surface area (Å²) in [6.45, 7) is 0. The van der Waals surface area contributed by atoms with Gasteiger partial charge in [0.05, 0.1) is 37.0 Å². The SMILES string of the molecule is COc1cccc(-c2cc(-c3cccc(-c4cc(-c5cccc(OC)c5)[nH]n4)c3)n[nH]2)c1. The van der Waals surface area contributed by atoms with Crippen LogP contribution in [0.25, 0.3) is 45.0 Å². The Morgan fingerprint density at radius 2 is 0.969 bits per heavy atom. The molecule has 2 aromatic heterocycles. The Morgan fingerprint density at radius 3 is 1.44 bits per heavy atom. The lowest BCUT2D eigenvalue weighted by atomic mass is 10.0. The number of nitrogens with zero attached hydrogens (tertiary/aromatic N) is 2. The lowest BCUT2D eigenvalue weighted by molar-refractivity contribution is 0.415. The van der Waals surface area contributed by atoms with Crippen LogP contribution in [0.3, 0.4) is 0 Å². The van der Waals surface area contributed by atoms with E-state index in [1.165, 1.54) is 0 Å². The van der Waals surface area contributed by atoms with Crippen LogP contribution >= 0.6 is 0 Å². The number of rotatable bonds is 6. The summed E-state index contributed by atoms with van der Waals surface area (Å²) >= 11 is 0. The van der Waals surface area contributed by atoms with Crippen LogP contribution in [-0.2, 0) is 0 Å². The molecular weight excluding hydrogens is 400 g/mol. The zero-order valence-electron chi connectivity index (χ0n) is 17.8. The van der Waals surface area contributed by atoms with Crippen molar-refractivity contribution in [3.8, 4) is 56.5 Å². The number of H-pyrrole nitrogens is 2. The van der Waals surface area contributed by atoms with E-state index < -0.39 is 0 Å². The molecule has 32 heavy (non-hydrogen) atoms. The molecule has 2 heterocycles. The molecular formula is C26H22N4O2. The van der Waals surface area contributed by atoms with Gasteiger partial charge in [-0.05, 0) is 42.5 Å². The van der Waals surface area contributed by atoms with Crippen LogP contribution in [0, 0.1) is 0 Å². The summed E-state index contributed by atoms with van der Waals surface area (Å²) < 4.78 is 10.7. The molecule has 0 radical (unpaired) electrons. The third kappa shape index (κ3) is 3.86. The number of benzene rings is 3. The van der Waals surface area contributed by atoms with E-state index >= 15 is 0 Å². The molecule has 0 bridgehead atoms. The van der Waals surface area contributed by atoms with E-state index in [2.05, 4.69) is 26.5 Å². The molecule has 0 aliphatic heterocycles. The molecule has 0 amide bonds. The summed E-state index contributed by atoms with van der Waals surface area (Å²) in [4.78, 5) is 0. The van der Waals surface area contributed by atoms with E-state index in [1.807, 2.05) is 78.9 Å². The van der Waals surface area contributed by atoms with Crippen molar-refractivity contribution in [1.82, 2.24) is 20.4 Å². The van der Waals surface area contributed by atoms with Crippen molar-refractivity contribution in [3.63, 3.8) is 0 Å². The molecule has 0 saturated carbocycles. The van der Waals surface area contributed by atoms with E-state index in [1.54, 1.807) is 14.2 Å². The molecule has 0 fully saturated rings. The summed E-state index contributed by atoms with van der Waals surface area (Å²) in [6, 6.07) is 28.1. The first-order valence-corrected chi connectivity index (χ1v) is 10.2. The number of hydrogen-bond acceptors (Lipinski definition) is 4. The molecule has 0 spiro atoms. The smallest absolute Gasteiger partial charge is 0.119 e. The van der Waals surface area contributed by atoms with Crippen molar-refractivity contribution in [2.75, 3.05) is 14.2 Å². The van der Waals surface area contributed by atoms with Gasteiger partial charge in [-0.3, -0.25) is 10.2 Å². The van der Waals surface area contributed by atoms with Crippen LogP contribution in [-0.4, -0.2) is 34.6 Å². The molecule has 0 saturated heterocycles. The van der Waals surface area contributed by atoms with Gasteiger partial charge in [0, 0.05) is 22.3 Å². The lowest BCUT2D eigenvalue weighted by Crippen LogP contribution is -1.83. The maximum atomic E-state index is 5.33. The summed E-state index contributed by atoms with van der Waals surface area (Å²) in [7, 11) is 3.33. The highest BCUT2D eigenvalue weighted by Gasteiger charge is 2.11. The predicted molar refractivity (Wildman–Crippen MR) is 126 cm³/mol. The molecule has 158 valence electrons. The van der Waals surface area contributed by atoms with Crippen molar-refractivity contribution in [3.05, 3.63) is 84.9 Å². The van der Waals surface area contributed by atoms with Gasteiger partial charge in [0.25, 0.3) is 0 Å². The molecule has 0 atom stereocenters. The standard InChI is InChI=1S/C26H22N4O2/c1-31-21-10-4-8-19(13-21)25-15-23(27-29-25)17-6-3-7-18(12-17)24-16-26(30-28-24)20-9-5-11-22(14-20)32-2/h3-16H,1-2H3,(H,27,29)(H,28,30). The summed E-state index contributed by atoms with van der Waals surface area (Å²) in [5.41, 5.74) is 7.68. The zero-order valence-corrected chi connectivity index (χ0v) is 17.8. The van der Waals surface area contributed by atoms with Crippen LogP contribution in [0.15, 0.2) is 84.9 Å². The highest BCUT2D eigenvalue weighted by molar-refractivity contribution is 5.75. The van der Waals surface area contributed by atoms with E-state index in [0.717, 1.165) is 56.5 Å². The van der Waals surface area contributed by atoms with E-state index in [0.29, 0.717) is 0 Å². The second-order valence-electron chi connectivity index (χ2n) is 7.38. The Morgan fingerprint density at radius 1 is 0.531 bits per heavy atom. The fraction of sp³-hybridized carbons (Fsp3) is 0.0769. The summed E-state index contributed by atoms with van der Waals surface area (Å²) in [5, 5.41) is 15.3. The van der Waals surface area contributed by atoms with Crippen molar-refractivity contribution in [1.29, 1.82) is 0 Å². The van der Waals surface area contributed by atoms with Gasteiger partial charge < -0.3 is 9.47 Å². The van der Waals surface area contributed by atoms with Crippen LogP contribution in [0.5, 0.6) is 11.5 Å². The van der Waals surface area contributed by atoms with Gasteiger partial charge in [-0.1, -0.05) is 42.5 Å². The fourth-order valence-corrected chi connectivity index (χ4v) is 3.65. The Bertz CT molecular complexity index is 1270. The van der Waals surface area contributed by atoms with Crippen LogP contribution in [0.2, 0.25) is 0 Å². The molecule has 2 N–H and O–H groups in total. The first-order chi connectivity index (χ1) is 15.7. The topological polar surface area (TPSA) is 75.8 Å². The van der Waals surface area contributed by atoms with Crippen LogP contribution in [0.4, 0.5) is 0 Å². The lowest BCUT2D eigenvalue weighted by Gasteiger charge is -2.02. The number of ether oxygens (including phenoxy) is 2. The maximum Gasteiger partial charge on any atom is 0.119 e. The van der Waals surface area contributed by atoms with Crippen molar-refractivity contribution in [2.45, 2.75) is 0 Å². The Balaban J connectivity index is 1.43. The average Bonchev–Trinajstić information content (AvgIpc) is 3.55. The van der Waals surface area contributed by atoms with Crippen LogP contribution < -0.4 is 9.47 Å². The van der Waals surface area contributed by atoms with E-state index in [9.17, 15) is 0 Å². The summed E-state index contributed by atoms with van der Waals surface area (Å²) in [6.07, 6.45) is 0. The number of hydrogen-bond donors (Lipinski definition) is 2. The molecule has 6 nitrogen and oxygen atoms in total. The first-order valence-electron chi connectivity index (χ1n) is 10.2. The molecule has 5 rings (SSSR count). The highest BCUT2D eigenvalue weighted by atomic mass is 16.5. The highest BCUT2D eigenvalue weighted by Crippen LogP contribution is 2.30. The number of methoxy groups -OCH3 is 2. The minimum Gasteiger partial charge on any atom is -0.497 e. The zero-order chi connectivity index (χ0) is 21.9. The number of nitrogens with one attached hydrogen (secondary N) is 2. The quantitative estimate of drug-likeness (QED) is 0.362. The van der Waals surface area contributed by atoms with Gasteiger partial charge >= 0.3 is 0 Å². The second-order valence-corrected chi connectivity index (χ2v) is 7.38. The van der Waals surface area contributed by atoms with Crippen molar-refractivity contribution in [2.24, 2.45) is 0 Å². The minimum absolute atomic E-state index is 0.811. The van der Waals surface area contributed by atoms with E-state index in [4.69, 9.17) is 9.47 Å². The monoisotopic (exact) mass is 422 g/mol. The van der Waals surface area contributed by atoms with Gasteiger partial charge in [0.1, 0.15) is 11.5 Å². The van der Waals surface area contributed by atoms with E-state index in [-0.39, 0.29) is 0 Å². The fourth-order valence-electron chi connectivity index (χ4n) is 3.65. The molecule has 6 heteroatoms. The van der Waals surface area contributed by atoms with Crippen molar-refractivity contribution >= 4 is 0 Å². The van der Waals surface area contributed by atoms with Crippen molar-refractivity contribution < 1.29 is 9.47 Å². The normalized spacial score (nSPS) is 10.8. The third-order valence-electron chi connectivity index (χ3n) is 5.37. The molecule has 0 unspecified atom stereocenters. The Labute approximate surface area is 185 Å². The number of aromatic amines is 2. The Hall–Kier alpha value is -4.32. The average molecular weight is 422 g/mol. The first kappa shape index (κ1) is 19.6. The maximum absolute atomic E-state index is 5.33. The molecule has 5 aromatic rings. The van der Waals surface area contributed by atoms with Gasteiger partial charge in [0.15, 0.2) is 0 Å². The van der Waals surface area contributed by atoms with Gasteiger partial charge in [-0.2, -0.15) is 10.2 Å². The third-order valence-corrected chi connectivity index (χ3v) is 5.37. The summed E-state index contributed by atoms with van der Waals surface area (Å²) in [5.74, 6) is 1.62. The van der Waals surface area contributed by atoms with Gasteiger partial charge in [-0.15, -0.1) is 0 Å². The minimum atomic E-state index is 0.811. The van der Waals surface area contributed by atoms with Gasteiger partial charge in [-0.25, -0.2) is 0 Å². The molecule has 0 aliphatic carbocycles. The number of aromatic nitrogens is 4. The molecule has 0 aliphatic rings. The molecule has 3 aromatic carbocycles. The second kappa shape index (κ2) is 8.43. The Kier molecular flexibility index (Phi) is 5.17. The van der Waals surface area contributed by atoms with Crippen LogP contribution in [0.1, 0.15) is 0 Å². The largest absolute Gasteiger partial charge is 0.497 e. The predicted octanol–water partition coefficient (Wildman–Crippen LogP) is 5.82. The van der Waals surface area contributed by atoms with Gasteiger partial charge in [0.2, 0.25) is 0 Å².